The minimum Gasteiger partial charge on any atom is -0.365 e. The summed E-state index contributed by atoms with van der Waals surface area (Å²) in [5.41, 5.74) is -0.263. The van der Waals surface area contributed by atoms with E-state index in [2.05, 4.69) is 15.6 Å². The molecule has 0 aliphatic carbocycles. The lowest BCUT2D eigenvalue weighted by Gasteiger charge is -2.38. The van der Waals surface area contributed by atoms with Gasteiger partial charge in [-0.2, -0.15) is 13.2 Å². The van der Waals surface area contributed by atoms with Crippen molar-refractivity contribution in [1.29, 1.82) is 0 Å². The van der Waals surface area contributed by atoms with Gasteiger partial charge >= 0.3 is 6.18 Å². The number of benzene rings is 3. The molecule has 192 valence electrons. The molecule has 2 atom stereocenters. The van der Waals surface area contributed by atoms with Crippen molar-refractivity contribution >= 4 is 11.6 Å². The van der Waals surface area contributed by atoms with Crippen molar-refractivity contribution in [2.75, 3.05) is 0 Å². The van der Waals surface area contributed by atoms with Crippen molar-refractivity contribution in [3.63, 3.8) is 0 Å². The van der Waals surface area contributed by atoms with Gasteiger partial charge in [0.15, 0.2) is 6.35 Å². The smallest absolute Gasteiger partial charge is 0.365 e. The fourth-order valence-corrected chi connectivity index (χ4v) is 4.30. The molecule has 4 aromatic rings. The number of halogens is 5. The molecule has 0 saturated carbocycles. The van der Waals surface area contributed by atoms with Crippen LogP contribution in [0.2, 0.25) is 5.02 Å². The molecule has 0 fully saturated rings. The summed E-state index contributed by atoms with van der Waals surface area (Å²) in [7, 11) is 0. The van der Waals surface area contributed by atoms with Crippen LogP contribution in [0.15, 0.2) is 97.2 Å². The van der Waals surface area contributed by atoms with E-state index in [4.69, 9.17) is 11.6 Å². The fraction of sp³-hybridized carbons (Fsp3) is 0.179. The normalized spacial score (nSPS) is 14.2. The monoisotopic (exact) mass is 529 g/mol. The Morgan fingerprint density at radius 1 is 0.838 bits per heavy atom. The maximum Gasteiger partial charge on any atom is 0.416 e. The molecule has 0 bridgehead atoms. The summed E-state index contributed by atoms with van der Waals surface area (Å²) in [6.45, 7) is 0.101. The molecule has 2 unspecified atom stereocenters. The molecule has 37 heavy (non-hydrogen) atoms. The van der Waals surface area contributed by atoms with Crippen LogP contribution in [0.1, 0.15) is 27.9 Å². The summed E-state index contributed by atoms with van der Waals surface area (Å²) >= 11 is 6.07. The van der Waals surface area contributed by atoms with Crippen LogP contribution in [0.25, 0.3) is 0 Å². The Labute approximate surface area is 217 Å². The zero-order chi connectivity index (χ0) is 26.5. The number of aliphatic hydroxyl groups is 1. The standard InChI is InChI=1S/C28H24ClF4N3O/c29-23-12-13-25(34-18-23)27(16-19-6-2-1-3-7-19,21-9-5-10-22(15-21)28(31,32)33)36-26(37)35-17-20-8-4-11-24(30)14-20/h1-15,18,26,35-37H,16-17H2. The van der Waals surface area contributed by atoms with E-state index in [-0.39, 0.29) is 18.5 Å². The Kier molecular flexibility index (Phi) is 8.24. The molecule has 0 amide bonds. The number of aliphatic hydroxyl groups excluding tert-OH is 1. The van der Waals surface area contributed by atoms with Crippen LogP contribution in [0, 0.1) is 5.82 Å². The van der Waals surface area contributed by atoms with Gasteiger partial charge in [-0.05, 0) is 53.1 Å². The van der Waals surface area contributed by atoms with E-state index in [1.807, 2.05) is 30.3 Å². The number of nitrogens with zero attached hydrogens (tertiary/aromatic N) is 1. The Hall–Kier alpha value is -3.30. The first-order valence-corrected chi connectivity index (χ1v) is 11.8. The highest BCUT2D eigenvalue weighted by Crippen LogP contribution is 2.37. The van der Waals surface area contributed by atoms with E-state index in [0.29, 0.717) is 16.3 Å². The third-order valence-corrected chi connectivity index (χ3v) is 6.15. The summed E-state index contributed by atoms with van der Waals surface area (Å²) in [6, 6.07) is 23.1. The number of aromatic nitrogens is 1. The second-order valence-electron chi connectivity index (χ2n) is 8.57. The Morgan fingerprint density at radius 3 is 2.22 bits per heavy atom. The first-order valence-electron chi connectivity index (χ1n) is 11.4. The van der Waals surface area contributed by atoms with E-state index in [9.17, 15) is 22.7 Å². The van der Waals surface area contributed by atoms with E-state index in [0.717, 1.165) is 17.7 Å². The minimum atomic E-state index is -4.57. The molecule has 0 saturated heterocycles. The van der Waals surface area contributed by atoms with Crippen LogP contribution in [0.4, 0.5) is 17.6 Å². The number of nitrogens with one attached hydrogen (secondary N) is 2. The lowest BCUT2D eigenvalue weighted by atomic mass is 9.80. The second kappa shape index (κ2) is 11.4. The molecular weight excluding hydrogens is 506 g/mol. The Bertz CT molecular complexity index is 1320. The Balaban J connectivity index is 1.79. The van der Waals surface area contributed by atoms with Crippen LogP contribution in [0.5, 0.6) is 0 Å². The molecule has 4 rings (SSSR count). The lowest BCUT2D eigenvalue weighted by molar-refractivity contribution is -0.137. The molecule has 3 N–H and O–H groups in total. The van der Waals surface area contributed by atoms with Gasteiger partial charge < -0.3 is 5.11 Å². The molecule has 0 aliphatic rings. The van der Waals surface area contributed by atoms with Crippen LogP contribution in [-0.4, -0.2) is 16.4 Å². The average Bonchev–Trinajstić information content (AvgIpc) is 2.88. The molecule has 0 spiro atoms. The number of pyridine rings is 1. The van der Waals surface area contributed by atoms with Crippen molar-refractivity contribution in [3.05, 3.63) is 136 Å². The van der Waals surface area contributed by atoms with Crippen molar-refractivity contribution < 1.29 is 22.7 Å². The number of rotatable bonds is 9. The molecular formula is C28H24ClF4N3O. The first kappa shape index (κ1) is 26.8. The van der Waals surface area contributed by atoms with E-state index >= 15 is 0 Å². The number of hydrogen-bond donors (Lipinski definition) is 3. The molecule has 1 heterocycles. The lowest BCUT2D eigenvalue weighted by Crippen LogP contribution is -2.55. The summed E-state index contributed by atoms with van der Waals surface area (Å²) in [5.74, 6) is -0.422. The van der Waals surface area contributed by atoms with Gasteiger partial charge in [0.1, 0.15) is 5.82 Å². The van der Waals surface area contributed by atoms with Crippen molar-refractivity contribution in [2.24, 2.45) is 0 Å². The summed E-state index contributed by atoms with van der Waals surface area (Å²) in [4.78, 5) is 4.43. The highest BCUT2D eigenvalue weighted by molar-refractivity contribution is 6.30. The van der Waals surface area contributed by atoms with E-state index < -0.39 is 29.4 Å². The molecule has 9 heteroatoms. The van der Waals surface area contributed by atoms with Crippen LogP contribution in [0.3, 0.4) is 0 Å². The SMILES string of the molecule is OC(NCc1cccc(F)c1)NC(Cc1ccccc1)(c1cccc(C(F)(F)F)c1)c1ccc(Cl)cn1. The summed E-state index contributed by atoms with van der Waals surface area (Å²) in [6.07, 6.45) is -4.42. The third kappa shape index (κ3) is 6.72. The van der Waals surface area contributed by atoms with Gasteiger partial charge in [-0.25, -0.2) is 4.39 Å². The Morgan fingerprint density at radius 2 is 1.54 bits per heavy atom. The van der Waals surface area contributed by atoms with Crippen LogP contribution >= 0.6 is 11.6 Å². The maximum atomic E-state index is 13.7. The van der Waals surface area contributed by atoms with Gasteiger partial charge in [0.05, 0.1) is 21.8 Å². The maximum absolute atomic E-state index is 13.7. The first-order chi connectivity index (χ1) is 17.7. The number of alkyl halides is 3. The van der Waals surface area contributed by atoms with Gasteiger partial charge in [0, 0.05) is 19.2 Å². The van der Waals surface area contributed by atoms with E-state index in [1.165, 1.54) is 24.4 Å². The fourth-order valence-electron chi connectivity index (χ4n) is 4.19. The van der Waals surface area contributed by atoms with Crippen LogP contribution < -0.4 is 10.6 Å². The quantitative estimate of drug-likeness (QED) is 0.183. The second-order valence-corrected chi connectivity index (χ2v) is 9.00. The third-order valence-electron chi connectivity index (χ3n) is 5.93. The van der Waals surface area contributed by atoms with Crippen LogP contribution in [-0.2, 0) is 24.7 Å². The minimum absolute atomic E-state index is 0.101. The topological polar surface area (TPSA) is 57.2 Å². The highest BCUT2D eigenvalue weighted by atomic mass is 35.5. The largest absolute Gasteiger partial charge is 0.416 e. The molecule has 3 aromatic carbocycles. The number of hydrogen-bond acceptors (Lipinski definition) is 4. The van der Waals surface area contributed by atoms with Crippen molar-refractivity contribution in [1.82, 2.24) is 15.6 Å². The zero-order valence-corrected chi connectivity index (χ0v) is 20.3. The predicted octanol–water partition coefficient (Wildman–Crippen LogP) is 6.03. The molecule has 0 aliphatic heterocycles. The highest BCUT2D eigenvalue weighted by Gasteiger charge is 2.40. The summed E-state index contributed by atoms with van der Waals surface area (Å²) in [5, 5.41) is 17.3. The van der Waals surface area contributed by atoms with Gasteiger partial charge in [-0.15, -0.1) is 0 Å². The average molecular weight is 530 g/mol. The van der Waals surface area contributed by atoms with Crippen molar-refractivity contribution in [3.8, 4) is 0 Å². The van der Waals surface area contributed by atoms with Gasteiger partial charge in [-0.1, -0.05) is 66.2 Å². The van der Waals surface area contributed by atoms with Crippen molar-refractivity contribution in [2.45, 2.75) is 31.0 Å². The molecule has 1 aromatic heterocycles. The van der Waals surface area contributed by atoms with Gasteiger partial charge in [-0.3, -0.25) is 15.6 Å². The molecule has 4 nitrogen and oxygen atoms in total. The zero-order valence-electron chi connectivity index (χ0n) is 19.5. The van der Waals surface area contributed by atoms with E-state index in [1.54, 1.807) is 30.3 Å². The summed E-state index contributed by atoms with van der Waals surface area (Å²) < 4.78 is 54.7. The van der Waals surface area contributed by atoms with Gasteiger partial charge in [0.25, 0.3) is 0 Å². The van der Waals surface area contributed by atoms with Gasteiger partial charge in [0.2, 0.25) is 0 Å². The molecule has 0 radical (unpaired) electrons. The predicted molar refractivity (Wildman–Crippen MR) is 134 cm³/mol.